The number of amides is 1. The van der Waals surface area contributed by atoms with Gasteiger partial charge in [0.25, 0.3) is 5.91 Å². The number of aromatic amines is 1. The second kappa shape index (κ2) is 5.87. The largest absolute Gasteiger partial charge is 0.411 e. The van der Waals surface area contributed by atoms with Gasteiger partial charge < -0.3 is 10.1 Å². The molecule has 0 bridgehead atoms. The normalized spacial score (nSPS) is 11.8. The molecule has 2 aromatic heterocycles. The van der Waals surface area contributed by atoms with Gasteiger partial charge in [0.2, 0.25) is 0 Å². The number of carbonyl (C=O) groups is 1. The third-order valence-electron chi connectivity index (χ3n) is 2.35. The molecule has 0 unspecified atom stereocenters. The molecule has 6 nitrogen and oxygen atoms in total. The predicted octanol–water partition coefficient (Wildman–Crippen LogP) is 1.27. The molecule has 0 saturated heterocycles. The summed E-state index contributed by atoms with van der Waals surface area (Å²) >= 11 is 0. The van der Waals surface area contributed by atoms with Crippen LogP contribution >= 0.6 is 0 Å². The lowest BCUT2D eigenvalue weighted by Gasteiger charge is -2.08. The molecule has 0 fully saturated rings. The molecule has 0 spiro atoms. The minimum Gasteiger partial charge on any atom is -0.370 e. The SMILES string of the molecule is O=C(NCCOCC(F)(F)F)c1cnc2cn[nH]c2c1. The van der Waals surface area contributed by atoms with Gasteiger partial charge >= 0.3 is 6.18 Å². The Morgan fingerprint density at radius 1 is 1.40 bits per heavy atom. The van der Waals surface area contributed by atoms with Crippen LogP contribution in [0.4, 0.5) is 13.2 Å². The molecule has 2 aromatic rings. The molecule has 0 saturated carbocycles. The van der Waals surface area contributed by atoms with E-state index in [-0.39, 0.29) is 18.7 Å². The van der Waals surface area contributed by atoms with E-state index in [4.69, 9.17) is 0 Å². The summed E-state index contributed by atoms with van der Waals surface area (Å²) in [6.45, 7) is -1.56. The average molecular weight is 288 g/mol. The Balaban J connectivity index is 1.80. The van der Waals surface area contributed by atoms with Crippen molar-refractivity contribution in [1.29, 1.82) is 0 Å². The monoisotopic (exact) mass is 288 g/mol. The van der Waals surface area contributed by atoms with Gasteiger partial charge in [-0.1, -0.05) is 0 Å². The molecule has 0 radical (unpaired) electrons. The van der Waals surface area contributed by atoms with Gasteiger partial charge in [-0.25, -0.2) is 0 Å². The summed E-state index contributed by atoms with van der Waals surface area (Å²) in [7, 11) is 0. The molecule has 0 aliphatic carbocycles. The molecule has 2 N–H and O–H groups in total. The second-order valence-corrected chi connectivity index (χ2v) is 3.95. The lowest BCUT2D eigenvalue weighted by atomic mass is 10.2. The molecule has 2 rings (SSSR count). The minimum atomic E-state index is -4.36. The van der Waals surface area contributed by atoms with Crippen LogP contribution in [0.2, 0.25) is 0 Å². The fourth-order valence-electron chi connectivity index (χ4n) is 1.48. The van der Waals surface area contributed by atoms with E-state index in [0.29, 0.717) is 11.0 Å². The number of carbonyl (C=O) groups excluding carboxylic acids is 1. The van der Waals surface area contributed by atoms with Gasteiger partial charge in [-0.15, -0.1) is 0 Å². The lowest BCUT2D eigenvalue weighted by Crippen LogP contribution is -2.28. The molecule has 2 heterocycles. The third kappa shape index (κ3) is 3.92. The summed E-state index contributed by atoms with van der Waals surface area (Å²) in [4.78, 5) is 15.7. The Morgan fingerprint density at radius 2 is 2.20 bits per heavy atom. The average Bonchev–Trinajstić information content (AvgIpc) is 2.83. The number of hydrogen-bond acceptors (Lipinski definition) is 4. The van der Waals surface area contributed by atoms with Gasteiger partial charge in [-0.2, -0.15) is 18.3 Å². The van der Waals surface area contributed by atoms with E-state index in [1.807, 2.05) is 0 Å². The van der Waals surface area contributed by atoms with Crippen molar-refractivity contribution in [2.75, 3.05) is 19.8 Å². The van der Waals surface area contributed by atoms with Gasteiger partial charge in [0.1, 0.15) is 12.1 Å². The first kappa shape index (κ1) is 14.3. The summed E-state index contributed by atoms with van der Waals surface area (Å²) in [5, 5.41) is 8.87. The van der Waals surface area contributed by atoms with E-state index in [0.717, 1.165) is 0 Å². The molecule has 0 atom stereocenters. The van der Waals surface area contributed by atoms with E-state index >= 15 is 0 Å². The van der Waals surface area contributed by atoms with Crippen molar-refractivity contribution in [2.24, 2.45) is 0 Å². The van der Waals surface area contributed by atoms with Gasteiger partial charge in [0, 0.05) is 12.7 Å². The van der Waals surface area contributed by atoms with Crippen LogP contribution in [-0.2, 0) is 4.74 Å². The van der Waals surface area contributed by atoms with Crippen LogP contribution in [0.15, 0.2) is 18.5 Å². The molecule has 20 heavy (non-hydrogen) atoms. The smallest absolute Gasteiger partial charge is 0.370 e. The standard InChI is InChI=1S/C11H11F3N4O2/c12-11(13,14)6-20-2-1-15-10(19)7-3-8-9(16-4-7)5-17-18-8/h3-5H,1-2,6H2,(H,15,19)(H,17,18). The first-order valence-electron chi connectivity index (χ1n) is 5.67. The zero-order valence-electron chi connectivity index (χ0n) is 10.2. The van der Waals surface area contributed by atoms with Crippen LogP contribution in [0.3, 0.4) is 0 Å². The van der Waals surface area contributed by atoms with Crippen LogP contribution in [0.25, 0.3) is 11.0 Å². The summed E-state index contributed by atoms with van der Waals surface area (Å²) in [6, 6.07) is 1.56. The molecule has 9 heteroatoms. The molecule has 108 valence electrons. The Hall–Kier alpha value is -2.16. The number of nitrogens with one attached hydrogen (secondary N) is 2. The van der Waals surface area contributed by atoms with Crippen molar-refractivity contribution < 1.29 is 22.7 Å². The van der Waals surface area contributed by atoms with Crippen LogP contribution < -0.4 is 5.32 Å². The van der Waals surface area contributed by atoms with Crippen LogP contribution in [0.1, 0.15) is 10.4 Å². The maximum atomic E-state index is 11.8. The Morgan fingerprint density at radius 3 is 2.95 bits per heavy atom. The van der Waals surface area contributed by atoms with E-state index in [2.05, 4.69) is 25.2 Å². The number of aromatic nitrogens is 3. The summed E-state index contributed by atoms with van der Waals surface area (Å²) in [5.74, 6) is -0.440. The predicted molar refractivity (Wildman–Crippen MR) is 63.1 cm³/mol. The van der Waals surface area contributed by atoms with Crippen LogP contribution in [0.5, 0.6) is 0 Å². The number of H-pyrrole nitrogens is 1. The van der Waals surface area contributed by atoms with Gasteiger partial charge in [0.05, 0.1) is 23.9 Å². The van der Waals surface area contributed by atoms with Crippen molar-refractivity contribution in [3.8, 4) is 0 Å². The molecule has 0 aromatic carbocycles. The summed E-state index contributed by atoms with van der Waals surface area (Å²) in [6.07, 6.45) is -1.48. The zero-order valence-corrected chi connectivity index (χ0v) is 10.2. The van der Waals surface area contributed by atoms with Crippen LogP contribution in [0, 0.1) is 0 Å². The highest BCUT2D eigenvalue weighted by Crippen LogP contribution is 2.14. The van der Waals surface area contributed by atoms with E-state index in [1.165, 1.54) is 12.4 Å². The molecular weight excluding hydrogens is 277 g/mol. The molecule has 1 amide bonds. The third-order valence-corrected chi connectivity index (χ3v) is 2.35. The van der Waals surface area contributed by atoms with Gasteiger partial charge in [0.15, 0.2) is 0 Å². The number of pyridine rings is 1. The number of halogens is 3. The highest BCUT2D eigenvalue weighted by Gasteiger charge is 2.27. The number of fused-ring (bicyclic) bond motifs is 1. The summed E-state index contributed by atoms with van der Waals surface area (Å²) < 4.78 is 39.8. The van der Waals surface area contributed by atoms with Crippen molar-refractivity contribution in [2.45, 2.75) is 6.18 Å². The molecule has 0 aliphatic rings. The van der Waals surface area contributed by atoms with Crippen molar-refractivity contribution in [3.63, 3.8) is 0 Å². The Bertz CT molecular complexity index is 597. The van der Waals surface area contributed by atoms with Crippen molar-refractivity contribution >= 4 is 16.9 Å². The number of hydrogen-bond donors (Lipinski definition) is 2. The maximum Gasteiger partial charge on any atom is 0.411 e. The van der Waals surface area contributed by atoms with Crippen molar-refractivity contribution in [3.05, 3.63) is 24.0 Å². The Labute approximate surface area is 111 Å². The first-order valence-corrected chi connectivity index (χ1v) is 5.67. The Kier molecular flexibility index (Phi) is 4.18. The highest BCUT2D eigenvalue weighted by atomic mass is 19.4. The zero-order chi connectivity index (χ0) is 14.6. The first-order chi connectivity index (χ1) is 9.46. The fourth-order valence-corrected chi connectivity index (χ4v) is 1.48. The van der Waals surface area contributed by atoms with E-state index < -0.39 is 18.7 Å². The quantitative estimate of drug-likeness (QED) is 0.812. The van der Waals surface area contributed by atoms with Crippen molar-refractivity contribution in [1.82, 2.24) is 20.5 Å². The molecule has 0 aliphatic heterocycles. The van der Waals surface area contributed by atoms with E-state index in [1.54, 1.807) is 6.07 Å². The highest BCUT2D eigenvalue weighted by molar-refractivity contribution is 5.96. The number of nitrogens with zero attached hydrogens (tertiary/aromatic N) is 2. The number of ether oxygens (including phenoxy) is 1. The number of alkyl halides is 3. The lowest BCUT2D eigenvalue weighted by molar-refractivity contribution is -0.173. The van der Waals surface area contributed by atoms with Crippen LogP contribution in [-0.4, -0.2) is 47.0 Å². The number of rotatable bonds is 5. The molecular formula is C11H11F3N4O2. The van der Waals surface area contributed by atoms with Gasteiger partial charge in [-0.3, -0.25) is 14.9 Å². The summed E-state index contributed by atoms with van der Waals surface area (Å²) in [5.41, 5.74) is 1.51. The fraction of sp³-hybridized carbons (Fsp3) is 0.364. The van der Waals surface area contributed by atoms with E-state index in [9.17, 15) is 18.0 Å². The second-order valence-electron chi connectivity index (χ2n) is 3.95. The maximum absolute atomic E-state index is 11.8. The topological polar surface area (TPSA) is 79.9 Å². The van der Waals surface area contributed by atoms with Gasteiger partial charge in [-0.05, 0) is 6.07 Å². The minimum absolute atomic E-state index is 0.0179.